The zero-order chi connectivity index (χ0) is 19.1. The van der Waals surface area contributed by atoms with Gasteiger partial charge in [-0.15, -0.1) is 0 Å². The zero-order valence-electron chi connectivity index (χ0n) is 15.6. The molecule has 1 aliphatic carbocycles. The van der Waals surface area contributed by atoms with Crippen LogP contribution in [0.3, 0.4) is 0 Å². The maximum atomic E-state index is 12.3. The SMILES string of the molecule is C[C@@H]1[C@H](C)CCC[C@H]1NC(=O)[C@@H](C)OC(=O)COc1ccccc1C=O. The molecule has 1 fully saturated rings. The van der Waals surface area contributed by atoms with E-state index in [0.717, 1.165) is 12.8 Å². The van der Waals surface area contributed by atoms with E-state index >= 15 is 0 Å². The standard InChI is InChI=1S/C20H27NO5/c1-13-7-6-9-17(14(13)2)21-20(24)15(3)26-19(23)12-25-18-10-5-4-8-16(18)11-22/h4-5,8,10-11,13-15,17H,6-7,9,12H2,1-3H3,(H,21,24)/t13-,14-,15-,17-/m1/s1. The molecule has 1 amide bonds. The maximum Gasteiger partial charge on any atom is 0.344 e. The summed E-state index contributed by atoms with van der Waals surface area (Å²) in [5.74, 6) is 0.328. The summed E-state index contributed by atoms with van der Waals surface area (Å²) < 4.78 is 10.5. The molecule has 1 aliphatic rings. The van der Waals surface area contributed by atoms with E-state index in [1.54, 1.807) is 31.2 Å². The number of nitrogens with one attached hydrogen (secondary N) is 1. The molecule has 0 spiro atoms. The third kappa shape index (κ3) is 5.31. The molecule has 142 valence electrons. The van der Waals surface area contributed by atoms with Gasteiger partial charge in [-0.2, -0.15) is 0 Å². The molecular formula is C20H27NO5. The van der Waals surface area contributed by atoms with Crippen molar-refractivity contribution in [2.75, 3.05) is 6.61 Å². The van der Waals surface area contributed by atoms with Crippen molar-refractivity contribution in [2.45, 2.75) is 52.2 Å². The monoisotopic (exact) mass is 361 g/mol. The first-order chi connectivity index (χ1) is 12.4. The van der Waals surface area contributed by atoms with Gasteiger partial charge >= 0.3 is 5.97 Å². The van der Waals surface area contributed by atoms with Gasteiger partial charge in [-0.05, 0) is 37.3 Å². The number of benzene rings is 1. The molecule has 6 nitrogen and oxygen atoms in total. The average molecular weight is 361 g/mol. The molecule has 4 atom stereocenters. The van der Waals surface area contributed by atoms with Crippen molar-refractivity contribution in [1.29, 1.82) is 0 Å². The van der Waals surface area contributed by atoms with Gasteiger partial charge in [0, 0.05) is 6.04 Å². The third-order valence-corrected chi connectivity index (χ3v) is 5.10. The first-order valence-corrected chi connectivity index (χ1v) is 9.09. The van der Waals surface area contributed by atoms with E-state index in [9.17, 15) is 14.4 Å². The lowest BCUT2D eigenvalue weighted by Gasteiger charge is -2.35. The van der Waals surface area contributed by atoms with Gasteiger partial charge in [0.2, 0.25) is 0 Å². The summed E-state index contributed by atoms with van der Waals surface area (Å²) in [5.41, 5.74) is 0.353. The van der Waals surface area contributed by atoms with Crippen LogP contribution in [0, 0.1) is 11.8 Å². The molecule has 0 radical (unpaired) electrons. The van der Waals surface area contributed by atoms with Gasteiger partial charge in [0.25, 0.3) is 5.91 Å². The van der Waals surface area contributed by atoms with Crippen molar-refractivity contribution >= 4 is 18.2 Å². The number of hydrogen-bond acceptors (Lipinski definition) is 5. The van der Waals surface area contributed by atoms with Crippen molar-refractivity contribution in [3.8, 4) is 5.75 Å². The predicted molar refractivity (Wildman–Crippen MR) is 97.0 cm³/mol. The molecule has 0 aliphatic heterocycles. The van der Waals surface area contributed by atoms with Crippen LogP contribution in [0.2, 0.25) is 0 Å². The Bertz CT molecular complexity index is 645. The number of aldehydes is 1. The fraction of sp³-hybridized carbons (Fsp3) is 0.550. The molecular weight excluding hydrogens is 334 g/mol. The van der Waals surface area contributed by atoms with Gasteiger partial charge < -0.3 is 14.8 Å². The highest BCUT2D eigenvalue weighted by Gasteiger charge is 2.30. The van der Waals surface area contributed by atoms with Crippen molar-refractivity contribution in [2.24, 2.45) is 11.8 Å². The fourth-order valence-corrected chi connectivity index (χ4v) is 3.22. The normalized spacial score (nSPS) is 23.6. The smallest absolute Gasteiger partial charge is 0.344 e. The molecule has 0 unspecified atom stereocenters. The van der Waals surface area contributed by atoms with Gasteiger partial charge in [-0.25, -0.2) is 4.79 Å². The van der Waals surface area contributed by atoms with Gasteiger partial charge in [0.15, 0.2) is 19.0 Å². The van der Waals surface area contributed by atoms with Gasteiger partial charge in [0.1, 0.15) is 5.75 Å². The van der Waals surface area contributed by atoms with Gasteiger partial charge in [0.05, 0.1) is 5.56 Å². The van der Waals surface area contributed by atoms with Crippen LogP contribution < -0.4 is 10.1 Å². The lowest BCUT2D eigenvalue weighted by Crippen LogP contribution is -2.47. The van der Waals surface area contributed by atoms with Crippen molar-refractivity contribution < 1.29 is 23.9 Å². The largest absolute Gasteiger partial charge is 0.481 e. The number of carbonyl (C=O) groups excluding carboxylic acids is 3. The van der Waals surface area contributed by atoms with E-state index in [1.165, 1.54) is 6.42 Å². The second-order valence-electron chi connectivity index (χ2n) is 6.96. The van der Waals surface area contributed by atoms with Crippen LogP contribution in [0.1, 0.15) is 50.4 Å². The number of ether oxygens (including phenoxy) is 2. The minimum atomic E-state index is -0.892. The second-order valence-corrected chi connectivity index (χ2v) is 6.96. The Morgan fingerprint density at radius 1 is 1.27 bits per heavy atom. The van der Waals surface area contributed by atoms with E-state index in [-0.39, 0.29) is 18.6 Å². The van der Waals surface area contributed by atoms with Crippen LogP contribution in [0.25, 0.3) is 0 Å². The Kier molecular flexibility index (Phi) is 7.18. The number of para-hydroxylation sites is 1. The van der Waals surface area contributed by atoms with Crippen LogP contribution in [0.4, 0.5) is 0 Å². The van der Waals surface area contributed by atoms with Gasteiger partial charge in [-0.3, -0.25) is 9.59 Å². The molecule has 0 aromatic heterocycles. The average Bonchev–Trinajstić information content (AvgIpc) is 2.63. The quantitative estimate of drug-likeness (QED) is 0.596. The highest BCUT2D eigenvalue weighted by atomic mass is 16.6. The Morgan fingerprint density at radius 3 is 2.73 bits per heavy atom. The van der Waals surface area contributed by atoms with Crippen LogP contribution in [-0.4, -0.2) is 36.9 Å². The Labute approximate surface area is 154 Å². The Hall–Kier alpha value is -2.37. The van der Waals surface area contributed by atoms with Crippen molar-refractivity contribution in [3.05, 3.63) is 29.8 Å². The lowest BCUT2D eigenvalue weighted by atomic mass is 9.78. The summed E-state index contributed by atoms with van der Waals surface area (Å²) in [6, 6.07) is 6.71. The predicted octanol–water partition coefficient (Wildman–Crippen LogP) is 2.75. The third-order valence-electron chi connectivity index (χ3n) is 5.10. The Morgan fingerprint density at radius 2 is 2.00 bits per heavy atom. The second kappa shape index (κ2) is 9.36. The van der Waals surface area contributed by atoms with E-state index in [4.69, 9.17) is 9.47 Å². The summed E-state index contributed by atoms with van der Waals surface area (Å²) >= 11 is 0. The molecule has 1 aromatic rings. The maximum absolute atomic E-state index is 12.3. The highest BCUT2D eigenvalue weighted by molar-refractivity contribution is 5.84. The van der Waals surface area contributed by atoms with E-state index < -0.39 is 12.1 Å². The summed E-state index contributed by atoms with van der Waals surface area (Å²) in [6.07, 6.45) is 2.98. The fourth-order valence-electron chi connectivity index (χ4n) is 3.22. The molecule has 1 saturated carbocycles. The minimum Gasteiger partial charge on any atom is -0.481 e. The number of esters is 1. The van der Waals surface area contributed by atoms with E-state index in [2.05, 4.69) is 19.2 Å². The summed E-state index contributed by atoms with van der Waals surface area (Å²) in [6.45, 7) is 5.52. The Balaban J connectivity index is 1.80. The number of amides is 1. The first-order valence-electron chi connectivity index (χ1n) is 9.09. The summed E-state index contributed by atoms with van der Waals surface area (Å²) in [5, 5.41) is 2.99. The van der Waals surface area contributed by atoms with E-state index in [1.807, 2.05) is 0 Å². The van der Waals surface area contributed by atoms with Crippen LogP contribution in [0.15, 0.2) is 24.3 Å². The van der Waals surface area contributed by atoms with Crippen LogP contribution >= 0.6 is 0 Å². The highest BCUT2D eigenvalue weighted by Crippen LogP contribution is 2.29. The first kappa shape index (κ1) is 19.9. The molecule has 0 bridgehead atoms. The van der Waals surface area contributed by atoms with Crippen LogP contribution in [0.5, 0.6) is 5.75 Å². The molecule has 26 heavy (non-hydrogen) atoms. The van der Waals surface area contributed by atoms with Crippen molar-refractivity contribution in [3.63, 3.8) is 0 Å². The summed E-state index contributed by atoms with van der Waals surface area (Å²) in [7, 11) is 0. The number of hydrogen-bond donors (Lipinski definition) is 1. The van der Waals surface area contributed by atoms with Crippen molar-refractivity contribution in [1.82, 2.24) is 5.32 Å². The molecule has 1 aromatic carbocycles. The minimum absolute atomic E-state index is 0.114. The summed E-state index contributed by atoms with van der Waals surface area (Å²) in [4.78, 5) is 35.2. The van der Waals surface area contributed by atoms with Gasteiger partial charge in [-0.1, -0.05) is 38.8 Å². The molecule has 0 saturated heterocycles. The van der Waals surface area contributed by atoms with E-state index in [0.29, 0.717) is 29.4 Å². The molecule has 6 heteroatoms. The van der Waals surface area contributed by atoms with Crippen LogP contribution in [-0.2, 0) is 14.3 Å². The number of carbonyl (C=O) groups is 3. The topological polar surface area (TPSA) is 81.7 Å². The lowest BCUT2D eigenvalue weighted by molar-refractivity contribution is -0.157. The number of rotatable bonds is 7. The molecule has 2 rings (SSSR count). The zero-order valence-corrected chi connectivity index (χ0v) is 15.6. The molecule has 0 heterocycles. The molecule has 1 N–H and O–H groups in total.